The second-order valence-electron chi connectivity index (χ2n) is 7.60. The third kappa shape index (κ3) is 6.92. The minimum atomic E-state index is -0.645. The Bertz CT molecular complexity index is 887. The Morgan fingerprint density at radius 3 is 2.47 bits per heavy atom. The van der Waals surface area contributed by atoms with Gasteiger partial charge in [0, 0.05) is 23.1 Å². The van der Waals surface area contributed by atoms with Crippen molar-refractivity contribution in [2.45, 2.75) is 39.8 Å². The van der Waals surface area contributed by atoms with Crippen molar-refractivity contribution in [2.75, 3.05) is 13.7 Å². The van der Waals surface area contributed by atoms with Gasteiger partial charge in [-0.05, 0) is 48.2 Å². The van der Waals surface area contributed by atoms with E-state index < -0.39 is 6.04 Å². The summed E-state index contributed by atoms with van der Waals surface area (Å²) in [5, 5.41) is 3.84. The van der Waals surface area contributed by atoms with E-state index in [1.807, 2.05) is 38.1 Å². The predicted molar refractivity (Wildman–Crippen MR) is 121 cm³/mol. The molecule has 0 aliphatic carbocycles. The lowest BCUT2D eigenvalue weighted by atomic mass is 10.1. The van der Waals surface area contributed by atoms with E-state index in [9.17, 15) is 9.59 Å². The molecular weight excluding hydrogens is 423 g/mol. The summed E-state index contributed by atoms with van der Waals surface area (Å²) < 4.78 is 5.28. The van der Waals surface area contributed by atoms with Crippen LogP contribution >= 0.6 is 23.2 Å². The number of ether oxygens (including phenoxy) is 1. The zero-order chi connectivity index (χ0) is 22.3. The van der Waals surface area contributed by atoms with Crippen LogP contribution in [0.15, 0.2) is 42.5 Å². The molecule has 0 radical (unpaired) electrons. The third-order valence-electron chi connectivity index (χ3n) is 4.70. The van der Waals surface area contributed by atoms with Crippen molar-refractivity contribution in [1.29, 1.82) is 0 Å². The Morgan fingerprint density at radius 1 is 1.10 bits per heavy atom. The van der Waals surface area contributed by atoms with Gasteiger partial charge in [0.15, 0.2) is 0 Å². The van der Waals surface area contributed by atoms with Gasteiger partial charge in [0.2, 0.25) is 11.8 Å². The lowest BCUT2D eigenvalue weighted by Crippen LogP contribution is -2.48. The quantitative estimate of drug-likeness (QED) is 0.600. The van der Waals surface area contributed by atoms with Gasteiger partial charge < -0.3 is 15.0 Å². The molecule has 162 valence electrons. The van der Waals surface area contributed by atoms with Crippen LogP contribution < -0.4 is 10.1 Å². The van der Waals surface area contributed by atoms with Gasteiger partial charge in [-0.25, -0.2) is 0 Å². The predicted octanol–water partition coefficient (Wildman–Crippen LogP) is 4.73. The summed E-state index contributed by atoms with van der Waals surface area (Å²) in [5.74, 6) is 0.616. The summed E-state index contributed by atoms with van der Waals surface area (Å²) in [7, 11) is 1.59. The molecule has 0 aliphatic rings. The number of halogens is 2. The van der Waals surface area contributed by atoms with E-state index in [0.29, 0.717) is 33.8 Å². The third-order valence-corrected chi connectivity index (χ3v) is 5.28. The number of amides is 2. The van der Waals surface area contributed by atoms with Crippen LogP contribution in [0, 0.1) is 5.92 Å². The van der Waals surface area contributed by atoms with Gasteiger partial charge in [-0.2, -0.15) is 0 Å². The lowest BCUT2D eigenvalue weighted by Gasteiger charge is -2.29. The zero-order valence-electron chi connectivity index (χ0n) is 17.7. The monoisotopic (exact) mass is 450 g/mol. The average molecular weight is 451 g/mol. The number of rotatable bonds is 9. The molecule has 0 aromatic heterocycles. The summed E-state index contributed by atoms with van der Waals surface area (Å²) in [6.45, 7) is 6.60. The molecule has 0 unspecified atom stereocenters. The Kier molecular flexibility index (Phi) is 9.00. The molecule has 0 aliphatic heterocycles. The molecule has 0 heterocycles. The number of methoxy groups -OCH3 is 1. The molecule has 1 N–H and O–H groups in total. The molecule has 0 saturated carbocycles. The largest absolute Gasteiger partial charge is 0.497 e. The van der Waals surface area contributed by atoms with Gasteiger partial charge in [-0.1, -0.05) is 55.2 Å². The maximum atomic E-state index is 13.2. The highest BCUT2D eigenvalue weighted by molar-refractivity contribution is 6.35. The first-order chi connectivity index (χ1) is 14.2. The number of nitrogens with zero attached hydrogens (tertiary/aromatic N) is 1. The fourth-order valence-corrected chi connectivity index (χ4v) is 3.41. The van der Waals surface area contributed by atoms with E-state index >= 15 is 0 Å². The summed E-state index contributed by atoms with van der Waals surface area (Å²) in [6.07, 6.45) is 0.0712. The Balaban J connectivity index is 2.26. The van der Waals surface area contributed by atoms with E-state index in [0.717, 1.165) is 5.56 Å². The first kappa shape index (κ1) is 24.0. The highest BCUT2D eigenvalue weighted by atomic mass is 35.5. The molecule has 1 atom stereocenters. The maximum Gasteiger partial charge on any atom is 0.242 e. The van der Waals surface area contributed by atoms with Crippen LogP contribution in [-0.4, -0.2) is 36.4 Å². The van der Waals surface area contributed by atoms with Gasteiger partial charge in [0.05, 0.1) is 13.5 Å². The van der Waals surface area contributed by atoms with Crippen molar-refractivity contribution < 1.29 is 14.3 Å². The number of hydrogen-bond acceptors (Lipinski definition) is 3. The maximum absolute atomic E-state index is 13.2. The summed E-state index contributed by atoms with van der Waals surface area (Å²) >= 11 is 12.2. The second-order valence-corrected chi connectivity index (χ2v) is 8.44. The average Bonchev–Trinajstić information content (AvgIpc) is 2.71. The first-order valence-electron chi connectivity index (χ1n) is 9.85. The molecule has 2 aromatic carbocycles. The molecule has 5 nitrogen and oxygen atoms in total. The van der Waals surface area contributed by atoms with Gasteiger partial charge in [-0.3, -0.25) is 9.59 Å². The van der Waals surface area contributed by atoms with E-state index in [1.165, 1.54) is 0 Å². The van der Waals surface area contributed by atoms with Crippen molar-refractivity contribution in [3.8, 4) is 5.75 Å². The number of hydrogen-bond donors (Lipinski definition) is 1. The van der Waals surface area contributed by atoms with Gasteiger partial charge in [0.1, 0.15) is 11.8 Å². The summed E-state index contributed by atoms with van der Waals surface area (Å²) in [6, 6.07) is 11.8. The normalized spacial score (nSPS) is 11.8. The summed E-state index contributed by atoms with van der Waals surface area (Å²) in [4.78, 5) is 27.5. The zero-order valence-corrected chi connectivity index (χ0v) is 19.3. The molecule has 0 spiro atoms. The van der Waals surface area contributed by atoms with E-state index in [-0.39, 0.29) is 24.8 Å². The minimum absolute atomic E-state index is 0.0712. The lowest BCUT2D eigenvalue weighted by molar-refractivity contribution is -0.140. The van der Waals surface area contributed by atoms with Crippen LogP contribution in [0.4, 0.5) is 0 Å². The second kappa shape index (κ2) is 11.2. The van der Waals surface area contributed by atoms with Gasteiger partial charge >= 0.3 is 0 Å². The standard InChI is InChI=1S/C23H28Cl2N2O3/c1-15(2)13-26-23(29)16(3)27(14-17-6-5-7-20(10-17)30-4)22(28)11-18-8-9-19(24)12-21(18)25/h5-10,12,15-16H,11,13-14H2,1-4H3,(H,26,29)/t16-/m1/s1. The molecule has 0 bridgehead atoms. The molecular formula is C23H28Cl2N2O3. The number of nitrogens with one attached hydrogen (secondary N) is 1. The van der Waals surface area contributed by atoms with Crippen LogP contribution in [0.3, 0.4) is 0 Å². The van der Waals surface area contributed by atoms with Crippen LogP contribution in [0.25, 0.3) is 0 Å². The van der Waals surface area contributed by atoms with E-state index in [4.69, 9.17) is 27.9 Å². The van der Waals surface area contributed by atoms with Crippen LogP contribution in [0.2, 0.25) is 10.0 Å². The molecule has 7 heteroatoms. The van der Waals surface area contributed by atoms with Crippen LogP contribution in [0.1, 0.15) is 31.9 Å². The van der Waals surface area contributed by atoms with Crippen molar-refractivity contribution in [3.05, 3.63) is 63.6 Å². The fraction of sp³-hybridized carbons (Fsp3) is 0.391. The number of carbonyl (C=O) groups excluding carboxylic acids is 2. The summed E-state index contributed by atoms with van der Waals surface area (Å²) in [5.41, 5.74) is 1.53. The minimum Gasteiger partial charge on any atom is -0.497 e. The fourth-order valence-electron chi connectivity index (χ4n) is 2.93. The Morgan fingerprint density at radius 2 is 1.83 bits per heavy atom. The topological polar surface area (TPSA) is 58.6 Å². The highest BCUT2D eigenvalue weighted by Gasteiger charge is 2.26. The Hall–Kier alpha value is -2.24. The van der Waals surface area contributed by atoms with Crippen molar-refractivity contribution in [1.82, 2.24) is 10.2 Å². The number of benzene rings is 2. The SMILES string of the molecule is COc1cccc(CN(C(=O)Cc2ccc(Cl)cc2Cl)[C@H](C)C(=O)NCC(C)C)c1. The van der Waals surface area contributed by atoms with E-state index in [1.54, 1.807) is 37.1 Å². The van der Waals surface area contributed by atoms with Crippen molar-refractivity contribution >= 4 is 35.0 Å². The molecule has 0 fully saturated rings. The number of carbonyl (C=O) groups is 2. The first-order valence-corrected chi connectivity index (χ1v) is 10.6. The van der Waals surface area contributed by atoms with Gasteiger partial charge in [-0.15, -0.1) is 0 Å². The molecule has 0 saturated heterocycles. The molecule has 2 amide bonds. The van der Waals surface area contributed by atoms with E-state index in [2.05, 4.69) is 5.32 Å². The molecule has 2 rings (SSSR count). The van der Waals surface area contributed by atoms with Gasteiger partial charge in [0.25, 0.3) is 0 Å². The van der Waals surface area contributed by atoms with Crippen LogP contribution in [0.5, 0.6) is 5.75 Å². The van der Waals surface area contributed by atoms with Crippen molar-refractivity contribution in [2.24, 2.45) is 5.92 Å². The Labute approximate surface area is 188 Å². The smallest absolute Gasteiger partial charge is 0.242 e. The van der Waals surface area contributed by atoms with Crippen LogP contribution in [-0.2, 0) is 22.6 Å². The van der Waals surface area contributed by atoms with Crippen molar-refractivity contribution in [3.63, 3.8) is 0 Å². The molecule has 2 aromatic rings. The highest BCUT2D eigenvalue weighted by Crippen LogP contribution is 2.23. The molecule has 30 heavy (non-hydrogen) atoms.